The van der Waals surface area contributed by atoms with Gasteiger partial charge in [0.2, 0.25) is 5.78 Å². The highest BCUT2D eigenvalue weighted by Crippen LogP contribution is 2.43. The molecule has 0 amide bonds. The fourth-order valence-corrected chi connectivity index (χ4v) is 4.60. The minimum atomic E-state index is -1.14. The molecule has 0 fully saturated rings. The van der Waals surface area contributed by atoms with Gasteiger partial charge in [-0.1, -0.05) is 29.8 Å². The Bertz CT molecular complexity index is 1430. The van der Waals surface area contributed by atoms with Crippen molar-refractivity contribution in [2.24, 2.45) is 0 Å². The second kappa shape index (κ2) is 8.88. The molecule has 0 bridgehead atoms. The van der Waals surface area contributed by atoms with Gasteiger partial charge < -0.3 is 14.9 Å². The van der Waals surface area contributed by atoms with Crippen LogP contribution >= 0.6 is 11.3 Å². The Morgan fingerprint density at radius 2 is 1.82 bits per heavy atom. The number of rotatable bonds is 6. The number of carboxylic acid groups (broad SMARTS) is 1. The molecule has 0 atom stereocenters. The van der Waals surface area contributed by atoms with Crippen LogP contribution in [0.3, 0.4) is 0 Å². The smallest absolute Gasteiger partial charge is 0.328 e. The zero-order valence-electron chi connectivity index (χ0n) is 17.8. The van der Waals surface area contributed by atoms with Gasteiger partial charge in [-0.25, -0.2) is 9.18 Å². The minimum absolute atomic E-state index is 0.0431. The minimum Gasteiger partial charge on any atom is -0.508 e. The summed E-state index contributed by atoms with van der Waals surface area (Å²) in [5.41, 5.74) is 2.71. The van der Waals surface area contributed by atoms with E-state index in [0.29, 0.717) is 21.2 Å². The molecule has 0 radical (unpaired) electrons. The van der Waals surface area contributed by atoms with Crippen LogP contribution in [0.15, 0.2) is 60.7 Å². The van der Waals surface area contributed by atoms with Crippen molar-refractivity contribution in [3.8, 4) is 17.2 Å². The highest BCUT2D eigenvalue weighted by Gasteiger charge is 2.24. The van der Waals surface area contributed by atoms with Crippen molar-refractivity contribution in [3.05, 3.63) is 93.6 Å². The Hall–Kier alpha value is -3.97. The van der Waals surface area contributed by atoms with E-state index < -0.39 is 11.8 Å². The highest BCUT2D eigenvalue weighted by atomic mass is 32.1. The number of phenolic OH excluding ortho intramolecular Hbond substituents is 1. The molecule has 1 heterocycles. The molecule has 1 aromatic heterocycles. The number of phenols is 1. The first-order valence-electron chi connectivity index (χ1n) is 9.99. The van der Waals surface area contributed by atoms with Gasteiger partial charge in [0.25, 0.3) is 0 Å². The molecule has 2 N–H and O–H groups in total. The molecule has 0 saturated carbocycles. The molecule has 3 aromatic carbocycles. The SMILES string of the molecule is Cc1ccc(C(=O)c2sc3cc(O)ccc3c2Oc2ccc(/C=C/C(=O)O)cc2F)c(C)c1. The number of aromatic hydroxyl groups is 1. The van der Waals surface area contributed by atoms with E-state index in [-0.39, 0.29) is 27.9 Å². The highest BCUT2D eigenvalue weighted by molar-refractivity contribution is 7.21. The van der Waals surface area contributed by atoms with Crippen LogP contribution < -0.4 is 4.74 Å². The summed E-state index contributed by atoms with van der Waals surface area (Å²) < 4.78 is 21.3. The Kier molecular flexibility index (Phi) is 5.98. The zero-order chi connectivity index (χ0) is 23.7. The lowest BCUT2D eigenvalue weighted by molar-refractivity contribution is -0.131. The number of carbonyl (C=O) groups is 2. The van der Waals surface area contributed by atoms with Crippen LogP contribution in [0, 0.1) is 19.7 Å². The van der Waals surface area contributed by atoms with Gasteiger partial charge in [-0.3, -0.25) is 4.79 Å². The average Bonchev–Trinajstić information content (AvgIpc) is 3.10. The Labute approximate surface area is 193 Å². The molecule has 166 valence electrons. The van der Waals surface area contributed by atoms with Crippen molar-refractivity contribution in [1.29, 1.82) is 0 Å². The second-order valence-corrected chi connectivity index (χ2v) is 8.60. The maximum absolute atomic E-state index is 14.8. The number of fused-ring (bicyclic) bond motifs is 1. The number of benzene rings is 3. The molecular formula is C26H19FO5S. The van der Waals surface area contributed by atoms with Crippen LogP contribution in [0.5, 0.6) is 17.2 Å². The number of ether oxygens (including phenoxy) is 1. The third-order valence-corrected chi connectivity index (χ3v) is 6.18. The lowest BCUT2D eigenvalue weighted by Crippen LogP contribution is -2.04. The Morgan fingerprint density at radius 3 is 2.52 bits per heavy atom. The summed E-state index contributed by atoms with van der Waals surface area (Å²) in [4.78, 5) is 24.4. The van der Waals surface area contributed by atoms with Gasteiger partial charge in [-0.2, -0.15) is 0 Å². The third kappa shape index (κ3) is 4.63. The van der Waals surface area contributed by atoms with Crippen LogP contribution in [0.25, 0.3) is 16.2 Å². The number of hydrogen-bond acceptors (Lipinski definition) is 5. The molecule has 0 unspecified atom stereocenters. The van der Waals surface area contributed by atoms with E-state index in [4.69, 9.17) is 9.84 Å². The summed E-state index contributed by atoms with van der Waals surface area (Å²) in [6, 6.07) is 14.2. The Balaban J connectivity index is 1.80. The fourth-order valence-electron chi connectivity index (χ4n) is 3.48. The normalized spacial score (nSPS) is 11.2. The summed E-state index contributed by atoms with van der Waals surface area (Å²) >= 11 is 1.16. The van der Waals surface area contributed by atoms with Crippen LogP contribution in [0.2, 0.25) is 0 Å². The van der Waals surface area contributed by atoms with Crippen LogP contribution in [0.1, 0.15) is 31.9 Å². The molecule has 0 aliphatic carbocycles. The number of carboxylic acids is 1. The monoisotopic (exact) mass is 462 g/mol. The number of aryl methyl sites for hydroxylation is 2. The van der Waals surface area contributed by atoms with Crippen LogP contribution in [-0.4, -0.2) is 22.0 Å². The number of thiophene rings is 1. The van der Waals surface area contributed by atoms with E-state index >= 15 is 0 Å². The lowest BCUT2D eigenvalue weighted by Gasteiger charge is -2.10. The number of ketones is 1. The number of halogens is 1. The zero-order valence-corrected chi connectivity index (χ0v) is 18.6. The number of hydrogen-bond donors (Lipinski definition) is 2. The molecule has 0 spiro atoms. The first-order valence-corrected chi connectivity index (χ1v) is 10.8. The third-order valence-electron chi connectivity index (χ3n) is 5.05. The summed E-state index contributed by atoms with van der Waals surface area (Å²) in [6.07, 6.45) is 2.18. The predicted octanol–water partition coefficient (Wildman–Crippen LogP) is 6.48. The fraction of sp³-hybridized carbons (Fsp3) is 0.0769. The van der Waals surface area contributed by atoms with E-state index in [1.54, 1.807) is 12.1 Å². The molecule has 0 saturated heterocycles. The van der Waals surface area contributed by atoms with Crippen molar-refractivity contribution in [2.75, 3.05) is 0 Å². The van der Waals surface area contributed by atoms with Gasteiger partial charge in [0.15, 0.2) is 17.3 Å². The summed E-state index contributed by atoms with van der Waals surface area (Å²) in [7, 11) is 0. The number of carbonyl (C=O) groups excluding carboxylic acids is 1. The molecule has 0 aliphatic heterocycles. The standard InChI is InChI=1S/C26H19FO5S/c1-14-3-7-18(15(2)11-14)24(31)26-25(19-8-6-17(28)13-22(19)33-26)32-21-9-4-16(12-20(21)27)5-10-23(29)30/h3-13,28H,1-2H3,(H,29,30)/b10-5+. The molecule has 7 heteroatoms. The maximum atomic E-state index is 14.8. The molecule has 33 heavy (non-hydrogen) atoms. The molecular weight excluding hydrogens is 443 g/mol. The predicted molar refractivity (Wildman–Crippen MR) is 126 cm³/mol. The molecule has 4 rings (SSSR count). The molecule has 5 nitrogen and oxygen atoms in total. The van der Waals surface area contributed by atoms with Gasteiger partial charge >= 0.3 is 5.97 Å². The lowest BCUT2D eigenvalue weighted by atomic mass is 10.0. The van der Waals surface area contributed by atoms with Crippen molar-refractivity contribution in [2.45, 2.75) is 13.8 Å². The van der Waals surface area contributed by atoms with Gasteiger partial charge in [-0.05, 0) is 61.4 Å². The van der Waals surface area contributed by atoms with E-state index in [9.17, 15) is 19.1 Å². The van der Waals surface area contributed by atoms with Gasteiger partial charge in [0.1, 0.15) is 10.6 Å². The van der Waals surface area contributed by atoms with E-state index in [1.165, 1.54) is 30.3 Å². The summed E-state index contributed by atoms with van der Waals surface area (Å²) in [5.74, 6) is -1.97. The second-order valence-electron chi connectivity index (χ2n) is 7.55. The molecule has 4 aromatic rings. The topological polar surface area (TPSA) is 83.8 Å². The quantitative estimate of drug-likeness (QED) is 0.253. The van der Waals surface area contributed by atoms with Crippen LogP contribution in [-0.2, 0) is 4.79 Å². The summed E-state index contributed by atoms with van der Waals surface area (Å²) in [5, 5.41) is 19.2. The number of aliphatic carboxylic acids is 1. The Morgan fingerprint density at radius 1 is 1.03 bits per heavy atom. The van der Waals surface area contributed by atoms with Crippen LogP contribution in [0.4, 0.5) is 4.39 Å². The maximum Gasteiger partial charge on any atom is 0.328 e. The average molecular weight is 462 g/mol. The summed E-state index contributed by atoms with van der Waals surface area (Å²) in [6.45, 7) is 3.79. The first-order chi connectivity index (χ1) is 15.7. The van der Waals surface area contributed by atoms with Crippen molar-refractivity contribution in [3.63, 3.8) is 0 Å². The van der Waals surface area contributed by atoms with Gasteiger partial charge in [-0.15, -0.1) is 11.3 Å². The van der Waals surface area contributed by atoms with E-state index in [0.717, 1.165) is 34.6 Å². The van der Waals surface area contributed by atoms with Crippen molar-refractivity contribution < 1.29 is 28.9 Å². The van der Waals surface area contributed by atoms with Crippen molar-refractivity contribution >= 4 is 39.3 Å². The first kappa shape index (κ1) is 22.2. The van der Waals surface area contributed by atoms with Gasteiger partial charge in [0.05, 0.1) is 0 Å². The molecule has 0 aliphatic rings. The van der Waals surface area contributed by atoms with Crippen molar-refractivity contribution in [1.82, 2.24) is 0 Å². The van der Waals surface area contributed by atoms with Gasteiger partial charge in [0, 0.05) is 21.7 Å². The van der Waals surface area contributed by atoms with E-state index in [2.05, 4.69) is 0 Å². The largest absolute Gasteiger partial charge is 0.508 e. The van der Waals surface area contributed by atoms with E-state index in [1.807, 2.05) is 26.0 Å².